The highest BCUT2D eigenvalue weighted by Crippen LogP contribution is 2.07. The fourth-order valence-corrected chi connectivity index (χ4v) is 0.790. The Morgan fingerprint density at radius 2 is 2.50 bits per heavy atom. The lowest BCUT2D eigenvalue weighted by Crippen LogP contribution is -2.11. The number of ether oxygens (including phenoxy) is 1. The topological polar surface area (TPSA) is 65.2 Å². The van der Waals surface area contributed by atoms with E-state index in [1.54, 1.807) is 6.07 Å². The highest BCUT2D eigenvalue weighted by Gasteiger charge is 2.01. The van der Waals surface area contributed by atoms with Crippen LogP contribution in [0.2, 0.25) is 0 Å². The van der Waals surface area contributed by atoms with E-state index in [2.05, 4.69) is 4.98 Å². The molecule has 2 N–H and O–H groups in total. The lowest BCUT2D eigenvalue weighted by molar-refractivity contribution is 0.0999. The minimum Gasteiger partial charge on any atom is -0.478 e. The number of hydrogen-bond donors (Lipinski definition) is 1. The van der Waals surface area contributed by atoms with Gasteiger partial charge in [0.25, 0.3) is 0 Å². The van der Waals surface area contributed by atoms with Crippen molar-refractivity contribution in [1.29, 1.82) is 0 Å². The molecule has 0 aliphatic carbocycles. The second-order valence-electron chi connectivity index (χ2n) is 2.18. The number of pyridine rings is 1. The van der Waals surface area contributed by atoms with Crippen molar-refractivity contribution < 1.29 is 9.53 Å². The number of hydrogen-bond acceptors (Lipinski definition) is 3. The molecule has 0 atom stereocenters. The molecule has 0 aliphatic heterocycles. The summed E-state index contributed by atoms with van der Waals surface area (Å²) in [6.07, 6.45) is 1.49. The van der Waals surface area contributed by atoms with Crippen LogP contribution < -0.4 is 10.5 Å². The lowest BCUT2D eigenvalue weighted by atomic mass is 10.2. The van der Waals surface area contributed by atoms with Gasteiger partial charge in [0, 0.05) is 17.8 Å². The molecule has 1 aromatic heterocycles. The van der Waals surface area contributed by atoms with Gasteiger partial charge in [-0.05, 0) is 13.0 Å². The summed E-state index contributed by atoms with van der Waals surface area (Å²) in [6.45, 7) is 2.37. The van der Waals surface area contributed by atoms with Gasteiger partial charge in [0.15, 0.2) is 0 Å². The van der Waals surface area contributed by atoms with Crippen molar-refractivity contribution in [3.05, 3.63) is 23.9 Å². The minimum absolute atomic E-state index is 0.411. The summed E-state index contributed by atoms with van der Waals surface area (Å²) in [5.41, 5.74) is 5.47. The van der Waals surface area contributed by atoms with Crippen LogP contribution in [0.3, 0.4) is 0 Å². The van der Waals surface area contributed by atoms with Crippen molar-refractivity contribution in [1.82, 2.24) is 4.98 Å². The van der Waals surface area contributed by atoms with Crippen molar-refractivity contribution in [2.75, 3.05) is 6.61 Å². The molecule has 0 fully saturated rings. The van der Waals surface area contributed by atoms with E-state index in [0.717, 1.165) is 0 Å². The molecule has 0 saturated heterocycles. The molecule has 1 heterocycles. The van der Waals surface area contributed by atoms with Crippen LogP contribution in [0.25, 0.3) is 0 Å². The summed E-state index contributed by atoms with van der Waals surface area (Å²) < 4.78 is 5.08. The Hall–Kier alpha value is -1.58. The molecular weight excluding hydrogens is 156 g/mol. The molecule has 64 valence electrons. The summed E-state index contributed by atoms with van der Waals surface area (Å²) in [6, 6.07) is 3.07. The molecule has 0 saturated carbocycles. The van der Waals surface area contributed by atoms with E-state index in [0.29, 0.717) is 18.1 Å². The van der Waals surface area contributed by atoms with Crippen molar-refractivity contribution >= 4 is 5.91 Å². The van der Waals surface area contributed by atoms with Gasteiger partial charge in [-0.1, -0.05) is 0 Å². The van der Waals surface area contributed by atoms with Gasteiger partial charge in [-0.15, -0.1) is 0 Å². The van der Waals surface area contributed by atoms with Crippen LogP contribution in [-0.2, 0) is 0 Å². The van der Waals surface area contributed by atoms with E-state index in [-0.39, 0.29) is 0 Å². The van der Waals surface area contributed by atoms with Crippen molar-refractivity contribution in [3.8, 4) is 5.88 Å². The number of carbonyl (C=O) groups excluding carboxylic acids is 1. The Morgan fingerprint density at radius 1 is 1.75 bits per heavy atom. The van der Waals surface area contributed by atoms with E-state index in [4.69, 9.17) is 10.5 Å². The Labute approximate surface area is 70.4 Å². The van der Waals surface area contributed by atoms with Crippen molar-refractivity contribution in [3.63, 3.8) is 0 Å². The standard InChI is InChI=1S/C8H10N2O2/c1-2-12-7-5-6(8(9)11)3-4-10-7/h3-5H,2H2,1H3,(H2,9,11). The summed E-state index contributed by atoms with van der Waals surface area (Å²) >= 11 is 0. The quantitative estimate of drug-likeness (QED) is 0.714. The SMILES string of the molecule is CCOc1cc(C(N)=O)ccn1. The molecule has 1 aromatic rings. The molecule has 0 spiro atoms. The maximum atomic E-state index is 10.7. The van der Waals surface area contributed by atoms with Crippen LogP contribution in [0.15, 0.2) is 18.3 Å². The molecule has 0 unspecified atom stereocenters. The zero-order valence-corrected chi connectivity index (χ0v) is 6.78. The zero-order valence-electron chi connectivity index (χ0n) is 6.78. The van der Waals surface area contributed by atoms with Gasteiger partial charge in [-0.2, -0.15) is 0 Å². The van der Waals surface area contributed by atoms with Gasteiger partial charge in [0.2, 0.25) is 11.8 Å². The molecule has 0 radical (unpaired) electrons. The van der Waals surface area contributed by atoms with Crippen molar-refractivity contribution in [2.24, 2.45) is 5.73 Å². The Bertz CT molecular complexity index is 286. The molecular formula is C8H10N2O2. The predicted octanol–water partition coefficient (Wildman–Crippen LogP) is 0.579. The number of amides is 1. The number of primary amides is 1. The first-order chi connectivity index (χ1) is 5.74. The lowest BCUT2D eigenvalue weighted by Gasteiger charge is -2.01. The summed E-state index contributed by atoms with van der Waals surface area (Å²) in [4.78, 5) is 14.6. The van der Waals surface area contributed by atoms with E-state index in [1.807, 2.05) is 6.92 Å². The third-order valence-corrected chi connectivity index (χ3v) is 1.31. The van der Waals surface area contributed by atoms with Crippen LogP contribution >= 0.6 is 0 Å². The summed E-state index contributed by atoms with van der Waals surface area (Å²) in [5.74, 6) is -0.0489. The maximum absolute atomic E-state index is 10.7. The number of carbonyl (C=O) groups is 1. The van der Waals surface area contributed by atoms with Gasteiger partial charge < -0.3 is 10.5 Å². The average molecular weight is 166 g/mol. The Balaban J connectivity index is 2.88. The molecule has 0 bridgehead atoms. The van der Waals surface area contributed by atoms with Gasteiger partial charge in [-0.3, -0.25) is 4.79 Å². The fourth-order valence-electron chi connectivity index (χ4n) is 0.790. The second-order valence-corrected chi connectivity index (χ2v) is 2.18. The monoisotopic (exact) mass is 166 g/mol. The van der Waals surface area contributed by atoms with Gasteiger partial charge in [0.1, 0.15) is 0 Å². The first kappa shape index (κ1) is 8.52. The molecule has 1 rings (SSSR count). The van der Waals surface area contributed by atoms with E-state index in [9.17, 15) is 4.79 Å². The first-order valence-corrected chi connectivity index (χ1v) is 3.62. The van der Waals surface area contributed by atoms with Gasteiger partial charge in [0.05, 0.1) is 6.61 Å². The first-order valence-electron chi connectivity index (χ1n) is 3.62. The number of rotatable bonds is 3. The highest BCUT2D eigenvalue weighted by molar-refractivity contribution is 5.92. The Morgan fingerprint density at radius 3 is 3.08 bits per heavy atom. The van der Waals surface area contributed by atoms with Gasteiger partial charge >= 0.3 is 0 Å². The molecule has 4 heteroatoms. The summed E-state index contributed by atoms with van der Waals surface area (Å²) in [5, 5.41) is 0. The van der Waals surface area contributed by atoms with E-state index in [1.165, 1.54) is 12.3 Å². The van der Waals surface area contributed by atoms with Crippen LogP contribution in [0.1, 0.15) is 17.3 Å². The molecule has 1 amide bonds. The molecule has 12 heavy (non-hydrogen) atoms. The fraction of sp³-hybridized carbons (Fsp3) is 0.250. The van der Waals surface area contributed by atoms with Crippen LogP contribution in [0.5, 0.6) is 5.88 Å². The van der Waals surface area contributed by atoms with E-state index < -0.39 is 5.91 Å². The van der Waals surface area contributed by atoms with E-state index >= 15 is 0 Å². The average Bonchev–Trinajstić information content (AvgIpc) is 2.05. The summed E-state index contributed by atoms with van der Waals surface area (Å²) in [7, 11) is 0. The molecule has 0 aromatic carbocycles. The number of nitrogens with two attached hydrogens (primary N) is 1. The normalized spacial score (nSPS) is 9.42. The number of aromatic nitrogens is 1. The third-order valence-electron chi connectivity index (χ3n) is 1.31. The van der Waals surface area contributed by atoms with Gasteiger partial charge in [-0.25, -0.2) is 4.98 Å². The number of nitrogens with zero attached hydrogens (tertiary/aromatic N) is 1. The second kappa shape index (κ2) is 3.71. The predicted molar refractivity (Wildman–Crippen MR) is 43.9 cm³/mol. The minimum atomic E-state index is -0.474. The highest BCUT2D eigenvalue weighted by atomic mass is 16.5. The Kier molecular flexibility index (Phi) is 2.63. The van der Waals surface area contributed by atoms with Crippen LogP contribution in [0.4, 0.5) is 0 Å². The maximum Gasteiger partial charge on any atom is 0.248 e. The molecule has 4 nitrogen and oxygen atoms in total. The molecule has 0 aliphatic rings. The largest absolute Gasteiger partial charge is 0.478 e. The van der Waals surface area contributed by atoms with Crippen molar-refractivity contribution in [2.45, 2.75) is 6.92 Å². The van der Waals surface area contributed by atoms with Crippen LogP contribution in [0, 0.1) is 0 Å². The smallest absolute Gasteiger partial charge is 0.248 e. The zero-order chi connectivity index (χ0) is 8.97. The third kappa shape index (κ3) is 1.95. The van der Waals surface area contributed by atoms with Crippen LogP contribution in [-0.4, -0.2) is 17.5 Å².